The molecule has 1 atom stereocenters. The van der Waals surface area contributed by atoms with E-state index in [0.29, 0.717) is 18.7 Å². The average Bonchev–Trinajstić information content (AvgIpc) is 2.47. The molecule has 1 unspecified atom stereocenters. The summed E-state index contributed by atoms with van der Waals surface area (Å²) in [7, 11) is 0. The zero-order chi connectivity index (χ0) is 15.0. The van der Waals surface area contributed by atoms with Gasteiger partial charge in [0.05, 0.1) is 0 Å². The Bertz CT molecular complexity index is 759. The second kappa shape index (κ2) is 6.46. The van der Waals surface area contributed by atoms with Crippen molar-refractivity contribution in [2.75, 3.05) is 13.1 Å². The Balaban J connectivity index is 0.00000176. The maximum absolute atomic E-state index is 12.5. The minimum atomic E-state index is -0.326. The second-order valence-corrected chi connectivity index (χ2v) is 5.57. The van der Waals surface area contributed by atoms with Crippen LogP contribution in [0.15, 0.2) is 29.3 Å². The molecule has 2 aromatic heterocycles. The van der Waals surface area contributed by atoms with Crippen molar-refractivity contribution < 1.29 is 4.79 Å². The largest absolute Gasteiger partial charge is 0.337 e. The number of pyridine rings is 1. The minimum absolute atomic E-state index is 0. The van der Waals surface area contributed by atoms with Crippen molar-refractivity contribution in [3.8, 4) is 0 Å². The maximum Gasteiger partial charge on any atom is 0.270 e. The van der Waals surface area contributed by atoms with E-state index in [1.54, 1.807) is 17.2 Å². The molecule has 6 nitrogen and oxygen atoms in total. The molecular weight excluding hydrogens is 304 g/mol. The van der Waals surface area contributed by atoms with Gasteiger partial charge in [0.2, 0.25) is 0 Å². The van der Waals surface area contributed by atoms with E-state index in [4.69, 9.17) is 5.73 Å². The van der Waals surface area contributed by atoms with Crippen molar-refractivity contribution in [1.82, 2.24) is 14.3 Å². The lowest BCUT2D eigenvalue weighted by Gasteiger charge is -2.30. The van der Waals surface area contributed by atoms with Gasteiger partial charge in [-0.1, -0.05) is 6.07 Å². The van der Waals surface area contributed by atoms with Gasteiger partial charge >= 0.3 is 0 Å². The van der Waals surface area contributed by atoms with Crippen LogP contribution in [-0.4, -0.2) is 39.3 Å². The number of nitrogens with zero attached hydrogens (tertiary/aromatic N) is 3. The molecule has 22 heavy (non-hydrogen) atoms. The molecule has 0 spiro atoms. The number of aromatic nitrogens is 2. The molecular formula is C15H19ClN4O2. The number of halogens is 1. The summed E-state index contributed by atoms with van der Waals surface area (Å²) < 4.78 is 1.42. The van der Waals surface area contributed by atoms with Crippen molar-refractivity contribution in [2.45, 2.75) is 25.8 Å². The first kappa shape index (κ1) is 16.5. The molecule has 0 aromatic carbocycles. The smallest absolute Gasteiger partial charge is 0.270 e. The van der Waals surface area contributed by atoms with Crippen LogP contribution in [0.25, 0.3) is 5.65 Å². The van der Waals surface area contributed by atoms with Gasteiger partial charge in [-0.05, 0) is 31.4 Å². The van der Waals surface area contributed by atoms with Crippen molar-refractivity contribution in [3.63, 3.8) is 0 Å². The predicted octanol–water partition coefficient (Wildman–Crippen LogP) is 0.988. The highest BCUT2D eigenvalue weighted by molar-refractivity contribution is 5.93. The number of rotatable bonds is 1. The molecule has 1 amide bonds. The normalized spacial score (nSPS) is 18.1. The van der Waals surface area contributed by atoms with Crippen molar-refractivity contribution in [3.05, 3.63) is 46.0 Å². The van der Waals surface area contributed by atoms with Gasteiger partial charge in [-0.2, -0.15) is 0 Å². The summed E-state index contributed by atoms with van der Waals surface area (Å²) >= 11 is 0. The number of hydrogen-bond donors (Lipinski definition) is 1. The number of amides is 1. The van der Waals surface area contributed by atoms with Gasteiger partial charge in [-0.3, -0.25) is 14.0 Å². The fraction of sp³-hybridized carbons (Fsp3) is 0.400. The summed E-state index contributed by atoms with van der Waals surface area (Å²) in [5.74, 6) is -0.279. The van der Waals surface area contributed by atoms with Gasteiger partial charge in [0, 0.05) is 31.5 Å². The van der Waals surface area contributed by atoms with Crippen LogP contribution >= 0.6 is 12.4 Å². The Labute approximate surface area is 134 Å². The third-order valence-corrected chi connectivity index (χ3v) is 3.83. The molecule has 1 aliphatic rings. The topological polar surface area (TPSA) is 80.7 Å². The van der Waals surface area contributed by atoms with Gasteiger partial charge in [0.1, 0.15) is 11.2 Å². The number of aryl methyl sites for hydroxylation is 1. The van der Waals surface area contributed by atoms with E-state index >= 15 is 0 Å². The van der Waals surface area contributed by atoms with Crippen molar-refractivity contribution in [1.29, 1.82) is 0 Å². The number of fused-ring (bicyclic) bond motifs is 1. The molecule has 0 aliphatic carbocycles. The Morgan fingerprint density at radius 3 is 2.91 bits per heavy atom. The first-order valence-corrected chi connectivity index (χ1v) is 7.09. The van der Waals surface area contributed by atoms with Gasteiger partial charge < -0.3 is 10.6 Å². The molecule has 1 fully saturated rings. The second-order valence-electron chi connectivity index (χ2n) is 5.57. The van der Waals surface area contributed by atoms with E-state index < -0.39 is 0 Å². The van der Waals surface area contributed by atoms with Gasteiger partial charge in [0.15, 0.2) is 0 Å². The van der Waals surface area contributed by atoms with Gasteiger partial charge in [-0.25, -0.2) is 4.98 Å². The van der Waals surface area contributed by atoms with Gasteiger partial charge in [0.25, 0.3) is 11.5 Å². The number of carbonyl (C=O) groups excluding carboxylic acids is 1. The SMILES string of the molecule is Cc1ccc2ncc(C(=O)N3CCCC(N)C3)c(=O)n2c1.Cl. The predicted molar refractivity (Wildman–Crippen MR) is 86.6 cm³/mol. The first-order chi connectivity index (χ1) is 10.1. The van der Waals surface area contributed by atoms with Crippen LogP contribution < -0.4 is 11.3 Å². The van der Waals surface area contributed by atoms with Crippen LogP contribution in [0.2, 0.25) is 0 Å². The van der Waals surface area contributed by atoms with Gasteiger partial charge in [-0.15, -0.1) is 12.4 Å². The Hall–Kier alpha value is -1.92. The fourth-order valence-corrected chi connectivity index (χ4v) is 2.69. The third kappa shape index (κ3) is 2.98. The summed E-state index contributed by atoms with van der Waals surface area (Å²) in [5, 5.41) is 0. The monoisotopic (exact) mass is 322 g/mol. The number of nitrogens with two attached hydrogens (primary N) is 1. The van der Waals surface area contributed by atoms with Crippen LogP contribution in [0.3, 0.4) is 0 Å². The van der Waals surface area contributed by atoms with E-state index in [0.717, 1.165) is 18.4 Å². The highest BCUT2D eigenvalue weighted by Gasteiger charge is 2.24. The number of hydrogen-bond acceptors (Lipinski definition) is 4. The standard InChI is InChI=1S/C15H18N4O2.ClH/c1-10-4-5-13-17-7-12(15(21)19(13)8-10)14(20)18-6-2-3-11(16)9-18;/h4-5,7-8,11H,2-3,6,9,16H2,1H3;1H. The van der Waals surface area contributed by atoms with E-state index in [1.807, 2.05) is 13.0 Å². The number of likely N-dealkylation sites (tertiary alicyclic amines) is 1. The van der Waals surface area contributed by atoms with E-state index in [1.165, 1.54) is 10.6 Å². The maximum atomic E-state index is 12.5. The average molecular weight is 323 g/mol. The summed E-state index contributed by atoms with van der Waals surface area (Å²) in [6.07, 6.45) is 4.85. The molecule has 0 bridgehead atoms. The lowest BCUT2D eigenvalue weighted by Crippen LogP contribution is -2.47. The molecule has 0 saturated carbocycles. The quantitative estimate of drug-likeness (QED) is 0.849. The Morgan fingerprint density at radius 1 is 1.41 bits per heavy atom. The number of carbonyl (C=O) groups is 1. The van der Waals surface area contributed by atoms with Crippen LogP contribution in [-0.2, 0) is 0 Å². The Kier molecular flexibility index (Phi) is 4.83. The molecule has 0 radical (unpaired) electrons. The third-order valence-electron chi connectivity index (χ3n) is 3.83. The zero-order valence-electron chi connectivity index (χ0n) is 12.4. The molecule has 2 N–H and O–H groups in total. The molecule has 118 valence electrons. The van der Waals surface area contributed by atoms with E-state index in [-0.39, 0.29) is 35.5 Å². The summed E-state index contributed by atoms with van der Waals surface area (Å²) in [6, 6.07) is 3.63. The van der Waals surface area contributed by atoms with E-state index in [9.17, 15) is 9.59 Å². The minimum Gasteiger partial charge on any atom is -0.337 e. The molecule has 7 heteroatoms. The van der Waals surface area contributed by atoms with Crippen LogP contribution in [0.4, 0.5) is 0 Å². The molecule has 1 saturated heterocycles. The Morgan fingerprint density at radius 2 is 2.18 bits per heavy atom. The van der Waals surface area contributed by atoms with Crippen LogP contribution in [0.1, 0.15) is 28.8 Å². The summed E-state index contributed by atoms with van der Waals surface area (Å²) in [5.41, 5.74) is 7.15. The zero-order valence-corrected chi connectivity index (χ0v) is 13.2. The molecule has 1 aliphatic heterocycles. The highest BCUT2D eigenvalue weighted by atomic mass is 35.5. The van der Waals surface area contributed by atoms with Crippen molar-refractivity contribution >= 4 is 24.0 Å². The van der Waals surface area contributed by atoms with Crippen LogP contribution in [0.5, 0.6) is 0 Å². The number of piperidine rings is 1. The summed E-state index contributed by atoms with van der Waals surface area (Å²) in [4.78, 5) is 30.9. The lowest BCUT2D eigenvalue weighted by molar-refractivity contribution is 0.0706. The first-order valence-electron chi connectivity index (χ1n) is 7.09. The summed E-state index contributed by atoms with van der Waals surface area (Å²) in [6.45, 7) is 3.03. The van der Waals surface area contributed by atoms with Crippen LogP contribution in [0, 0.1) is 6.92 Å². The molecule has 3 heterocycles. The highest BCUT2D eigenvalue weighted by Crippen LogP contribution is 2.11. The van der Waals surface area contributed by atoms with Crippen molar-refractivity contribution in [2.24, 2.45) is 5.73 Å². The van der Waals surface area contributed by atoms with E-state index in [2.05, 4.69) is 4.98 Å². The molecule has 3 rings (SSSR count). The molecule has 2 aromatic rings. The lowest BCUT2D eigenvalue weighted by atomic mass is 10.1. The fourth-order valence-electron chi connectivity index (χ4n) is 2.69.